The predicted molar refractivity (Wildman–Crippen MR) is 121 cm³/mol. The second kappa shape index (κ2) is 9.55. The number of carbonyl (C=O) groups excluding carboxylic acids is 1. The zero-order valence-electron chi connectivity index (χ0n) is 16.8. The van der Waals surface area contributed by atoms with E-state index in [-0.39, 0.29) is 17.0 Å². The molecule has 0 N–H and O–H groups in total. The average Bonchev–Trinajstić information content (AvgIpc) is 3.31. The molecular formula is C25H23N3OS. The number of benzene rings is 3. The third kappa shape index (κ3) is 4.86. The molecule has 0 radical (unpaired) electrons. The van der Waals surface area contributed by atoms with Crippen LogP contribution in [0.25, 0.3) is 0 Å². The Morgan fingerprint density at radius 3 is 2.23 bits per heavy atom. The molecule has 0 amide bonds. The first-order chi connectivity index (χ1) is 14.7. The number of aromatic nitrogens is 3. The summed E-state index contributed by atoms with van der Waals surface area (Å²) in [6, 6.07) is 28.2. The summed E-state index contributed by atoms with van der Waals surface area (Å²) in [5.41, 5.74) is 3.04. The van der Waals surface area contributed by atoms with Gasteiger partial charge in [-0.2, -0.15) is 5.10 Å². The number of hydrogen-bond donors (Lipinski definition) is 0. The molecule has 5 heteroatoms. The number of Topliss-reactive ketones (excluding diaryl/α,β-unsaturated/α-hetero) is 1. The monoisotopic (exact) mass is 413 g/mol. The van der Waals surface area contributed by atoms with Gasteiger partial charge in [0.2, 0.25) is 0 Å². The van der Waals surface area contributed by atoms with Crippen LogP contribution in [0.2, 0.25) is 0 Å². The SMILES string of the molecule is Cc1ccc([C@H](Sc2ccccc2)[C@H](Cn2cncn2)C(=O)c2ccccc2)cc1. The van der Waals surface area contributed by atoms with Gasteiger partial charge < -0.3 is 0 Å². The second-order valence-corrected chi connectivity index (χ2v) is 8.43. The van der Waals surface area contributed by atoms with E-state index in [0.717, 1.165) is 10.5 Å². The van der Waals surface area contributed by atoms with Crippen molar-refractivity contribution in [2.45, 2.75) is 23.6 Å². The first kappa shape index (κ1) is 20.1. The van der Waals surface area contributed by atoms with Gasteiger partial charge in [-0.1, -0.05) is 78.4 Å². The van der Waals surface area contributed by atoms with Crippen LogP contribution in [0.5, 0.6) is 0 Å². The summed E-state index contributed by atoms with van der Waals surface area (Å²) in [4.78, 5) is 18.9. The molecule has 1 heterocycles. The second-order valence-electron chi connectivity index (χ2n) is 7.22. The molecule has 3 aromatic carbocycles. The van der Waals surface area contributed by atoms with Crippen molar-refractivity contribution >= 4 is 17.5 Å². The van der Waals surface area contributed by atoms with Crippen molar-refractivity contribution in [3.05, 3.63) is 114 Å². The van der Waals surface area contributed by atoms with Crippen LogP contribution in [0, 0.1) is 12.8 Å². The summed E-state index contributed by atoms with van der Waals surface area (Å²) in [5.74, 6) is -0.192. The van der Waals surface area contributed by atoms with E-state index in [1.54, 1.807) is 22.8 Å². The molecule has 0 spiro atoms. The zero-order chi connectivity index (χ0) is 20.8. The number of carbonyl (C=O) groups is 1. The molecule has 0 fully saturated rings. The Balaban J connectivity index is 1.76. The summed E-state index contributed by atoms with van der Waals surface area (Å²) in [7, 11) is 0. The Kier molecular flexibility index (Phi) is 6.40. The number of thioether (sulfide) groups is 1. The summed E-state index contributed by atoms with van der Waals surface area (Å²) in [6.45, 7) is 2.54. The number of nitrogens with zero attached hydrogens (tertiary/aromatic N) is 3. The predicted octanol–water partition coefficient (Wildman–Crippen LogP) is 5.62. The van der Waals surface area contributed by atoms with Crippen LogP contribution in [0.4, 0.5) is 0 Å². The van der Waals surface area contributed by atoms with Gasteiger partial charge in [0.25, 0.3) is 0 Å². The molecule has 0 saturated heterocycles. The van der Waals surface area contributed by atoms with Crippen LogP contribution in [-0.2, 0) is 6.54 Å². The maximum Gasteiger partial charge on any atom is 0.169 e. The first-order valence-electron chi connectivity index (χ1n) is 9.90. The third-order valence-corrected chi connectivity index (χ3v) is 6.42. The minimum Gasteiger partial charge on any atom is -0.294 e. The van der Waals surface area contributed by atoms with Crippen molar-refractivity contribution in [1.82, 2.24) is 14.8 Å². The van der Waals surface area contributed by atoms with Crippen molar-refractivity contribution in [2.75, 3.05) is 0 Å². The quantitative estimate of drug-likeness (QED) is 0.278. The number of ketones is 1. The topological polar surface area (TPSA) is 47.8 Å². The van der Waals surface area contributed by atoms with Gasteiger partial charge in [-0.15, -0.1) is 11.8 Å². The third-order valence-electron chi connectivity index (χ3n) is 5.02. The number of rotatable bonds is 8. The number of hydrogen-bond acceptors (Lipinski definition) is 4. The highest BCUT2D eigenvalue weighted by atomic mass is 32.2. The molecule has 4 aromatic rings. The van der Waals surface area contributed by atoms with Gasteiger partial charge >= 0.3 is 0 Å². The Morgan fingerprint density at radius 2 is 1.60 bits per heavy atom. The summed E-state index contributed by atoms with van der Waals surface area (Å²) >= 11 is 1.72. The van der Waals surface area contributed by atoms with Gasteiger partial charge in [0, 0.05) is 15.7 Å². The lowest BCUT2D eigenvalue weighted by Crippen LogP contribution is -2.26. The highest BCUT2D eigenvalue weighted by molar-refractivity contribution is 7.99. The van der Waals surface area contributed by atoms with E-state index in [4.69, 9.17) is 0 Å². The minimum absolute atomic E-state index is 0.0649. The smallest absolute Gasteiger partial charge is 0.169 e. The maximum atomic E-state index is 13.7. The van der Waals surface area contributed by atoms with E-state index in [2.05, 4.69) is 53.4 Å². The lowest BCUT2D eigenvalue weighted by Gasteiger charge is -2.26. The fourth-order valence-electron chi connectivity index (χ4n) is 3.45. The minimum atomic E-state index is -0.304. The van der Waals surface area contributed by atoms with E-state index in [1.807, 2.05) is 48.5 Å². The largest absolute Gasteiger partial charge is 0.294 e. The van der Waals surface area contributed by atoms with Gasteiger partial charge in [0.15, 0.2) is 5.78 Å². The van der Waals surface area contributed by atoms with E-state index in [9.17, 15) is 4.79 Å². The van der Waals surface area contributed by atoms with Crippen LogP contribution >= 0.6 is 11.8 Å². The molecular weight excluding hydrogens is 390 g/mol. The van der Waals surface area contributed by atoms with Crippen molar-refractivity contribution in [3.63, 3.8) is 0 Å². The van der Waals surface area contributed by atoms with Crippen LogP contribution in [-0.4, -0.2) is 20.5 Å². The van der Waals surface area contributed by atoms with Gasteiger partial charge in [0.1, 0.15) is 12.7 Å². The highest BCUT2D eigenvalue weighted by Crippen LogP contribution is 2.42. The molecule has 2 atom stereocenters. The van der Waals surface area contributed by atoms with Gasteiger partial charge in [-0.25, -0.2) is 4.98 Å². The van der Waals surface area contributed by atoms with Crippen LogP contribution in [0.3, 0.4) is 0 Å². The normalized spacial score (nSPS) is 13.0. The van der Waals surface area contributed by atoms with Crippen LogP contribution in [0.1, 0.15) is 26.7 Å². The molecule has 0 aliphatic heterocycles. The Hall–Kier alpha value is -3.18. The van der Waals surface area contributed by atoms with Crippen LogP contribution < -0.4 is 0 Å². The van der Waals surface area contributed by atoms with E-state index in [1.165, 1.54) is 11.9 Å². The Labute approximate surface area is 181 Å². The Morgan fingerprint density at radius 1 is 0.933 bits per heavy atom. The van der Waals surface area contributed by atoms with Gasteiger partial charge in [-0.3, -0.25) is 9.48 Å². The molecule has 30 heavy (non-hydrogen) atoms. The van der Waals surface area contributed by atoms with Gasteiger partial charge in [-0.05, 0) is 24.6 Å². The standard InChI is InChI=1S/C25H23N3OS/c1-19-12-14-21(15-13-19)25(30-22-10-6-3-7-11-22)23(16-28-18-26-17-27-28)24(29)20-8-4-2-5-9-20/h2-15,17-18,23,25H,16H2,1H3/t23-,25+/m1/s1. The molecule has 0 saturated carbocycles. The number of aryl methyl sites for hydroxylation is 1. The van der Waals surface area contributed by atoms with Crippen molar-refractivity contribution in [1.29, 1.82) is 0 Å². The molecule has 0 unspecified atom stereocenters. The van der Waals surface area contributed by atoms with Crippen molar-refractivity contribution in [3.8, 4) is 0 Å². The zero-order valence-corrected chi connectivity index (χ0v) is 17.6. The van der Waals surface area contributed by atoms with Crippen molar-refractivity contribution < 1.29 is 4.79 Å². The fraction of sp³-hybridized carbons (Fsp3) is 0.160. The summed E-state index contributed by atoms with van der Waals surface area (Å²) < 4.78 is 1.75. The average molecular weight is 414 g/mol. The molecule has 0 aliphatic carbocycles. The van der Waals surface area contributed by atoms with Gasteiger partial charge in [0.05, 0.1) is 12.5 Å². The summed E-state index contributed by atoms with van der Waals surface area (Å²) in [5, 5.41) is 4.21. The highest BCUT2D eigenvalue weighted by Gasteiger charge is 2.32. The molecule has 150 valence electrons. The maximum absolute atomic E-state index is 13.7. The van der Waals surface area contributed by atoms with E-state index in [0.29, 0.717) is 12.1 Å². The molecule has 0 aliphatic rings. The molecule has 4 nitrogen and oxygen atoms in total. The van der Waals surface area contributed by atoms with Crippen LogP contribution in [0.15, 0.2) is 102 Å². The first-order valence-corrected chi connectivity index (χ1v) is 10.8. The lowest BCUT2D eigenvalue weighted by atomic mass is 9.90. The van der Waals surface area contributed by atoms with E-state index >= 15 is 0 Å². The van der Waals surface area contributed by atoms with E-state index < -0.39 is 0 Å². The molecule has 1 aromatic heterocycles. The Bertz CT molecular complexity index is 1060. The molecule has 4 rings (SSSR count). The van der Waals surface area contributed by atoms with Crippen molar-refractivity contribution in [2.24, 2.45) is 5.92 Å². The summed E-state index contributed by atoms with van der Waals surface area (Å²) in [6.07, 6.45) is 3.18. The molecule has 0 bridgehead atoms. The fourth-order valence-corrected chi connectivity index (χ4v) is 4.72. The lowest BCUT2D eigenvalue weighted by molar-refractivity contribution is 0.0901.